The molecule has 38 heavy (non-hydrogen) atoms. The number of ether oxygens (including phenoxy) is 1. The van der Waals surface area contributed by atoms with Gasteiger partial charge in [0.2, 0.25) is 5.91 Å². The average molecular weight is 548 g/mol. The number of benzene rings is 2. The van der Waals surface area contributed by atoms with Gasteiger partial charge in [0, 0.05) is 18.4 Å². The number of nitrogens with zero attached hydrogens (tertiary/aromatic N) is 2. The van der Waals surface area contributed by atoms with E-state index in [0.29, 0.717) is 22.4 Å². The van der Waals surface area contributed by atoms with Crippen molar-refractivity contribution in [1.29, 1.82) is 0 Å². The number of hydrogen-bond donors (Lipinski definition) is 4. The van der Waals surface area contributed by atoms with Crippen LogP contribution >= 0.6 is 11.6 Å². The number of anilines is 1. The van der Waals surface area contributed by atoms with Crippen LogP contribution in [0.2, 0.25) is 5.02 Å². The maximum absolute atomic E-state index is 13.0. The van der Waals surface area contributed by atoms with Gasteiger partial charge in [-0.25, -0.2) is 9.97 Å². The lowest BCUT2D eigenvalue weighted by atomic mass is 10.1. The number of halogens is 4. The van der Waals surface area contributed by atoms with Gasteiger partial charge in [-0.05, 0) is 56.3 Å². The number of aromatic nitrogens is 3. The Bertz CT molecular complexity index is 1440. The van der Waals surface area contributed by atoms with E-state index in [0.717, 1.165) is 12.1 Å². The molecular weight excluding hydrogens is 523 g/mol. The molecule has 0 aliphatic heterocycles. The Labute approximate surface area is 221 Å². The first-order valence-electron chi connectivity index (χ1n) is 11.6. The molecule has 12 heteroatoms. The normalized spacial score (nSPS) is 12.8. The summed E-state index contributed by atoms with van der Waals surface area (Å²) >= 11 is 6.40. The van der Waals surface area contributed by atoms with Crippen LogP contribution in [0.1, 0.15) is 37.6 Å². The van der Waals surface area contributed by atoms with E-state index in [1.54, 1.807) is 38.2 Å². The number of alkyl halides is 3. The zero-order valence-corrected chi connectivity index (χ0v) is 21.2. The molecule has 2 heterocycles. The molecule has 1 amide bonds. The van der Waals surface area contributed by atoms with Crippen LogP contribution in [0.3, 0.4) is 0 Å². The van der Waals surface area contributed by atoms with Crippen molar-refractivity contribution in [3.05, 3.63) is 77.3 Å². The second-order valence-corrected chi connectivity index (χ2v) is 9.67. The molecule has 0 saturated heterocycles. The number of aromatic amines is 1. The number of fused-ring (bicyclic) bond motifs is 1. The van der Waals surface area contributed by atoms with Crippen LogP contribution in [-0.4, -0.2) is 38.1 Å². The highest BCUT2D eigenvalue weighted by Gasteiger charge is 2.30. The smallest absolute Gasteiger partial charge is 0.416 e. The number of H-pyrrole nitrogens is 1. The summed E-state index contributed by atoms with van der Waals surface area (Å²) in [5.74, 6) is -0.186. The monoisotopic (exact) mass is 547 g/mol. The number of hydrogen-bond acceptors (Lipinski definition) is 6. The number of amides is 1. The van der Waals surface area contributed by atoms with Crippen LogP contribution in [0.4, 0.5) is 18.9 Å². The van der Waals surface area contributed by atoms with E-state index in [1.807, 2.05) is 0 Å². The summed E-state index contributed by atoms with van der Waals surface area (Å²) in [5.41, 5.74) is 0.497. The summed E-state index contributed by atoms with van der Waals surface area (Å²) in [7, 11) is 0. The predicted octanol–water partition coefficient (Wildman–Crippen LogP) is 5.85. The van der Waals surface area contributed by atoms with Crippen LogP contribution in [0, 0.1) is 0 Å². The predicted molar refractivity (Wildman–Crippen MR) is 137 cm³/mol. The van der Waals surface area contributed by atoms with E-state index >= 15 is 0 Å². The number of aliphatic hydroxyl groups is 1. The van der Waals surface area contributed by atoms with Gasteiger partial charge in [-0.15, -0.1) is 0 Å². The maximum atomic E-state index is 13.0. The molecule has 8 nitrogen and oxygen atoms in total. The zero-order valence-electron chi connectivity index (χ0n) is 20.4. The molecule has 0 spiro atoms. The van der Waals surface area contributed by atoms with Crippen molar-refractivity contribution in [3.63, 3.8) is 0 Å². The lowest BCUT2D eigenvalue weighted by Gasteiger charge is -2.22. The van der Waals surface area contributed by atoms with Crippen molar-refractivity contribution in [3.8, 4) is 11.5 Å². The van der Waals surface area contributed by atoms with Gasteiger partial charge in [0.25, 0.3) is 0 Å². The summed E-state index contributed by atoms with van der Waals surface area (Å²) in [6.07, 6.45) is -1.45. The van der Waals surface area contributed by atoms with E-state index in [2.05, 4.69) is 25.6 Å². The van der Waals surface area contributed by atoms with Crippen LogP contribution in [0.15, 0.2) is 61.1 Å². The van der Waals surface area contributed by atoms with Gasteiger partial charge in [0.15, 0.2) is 0 Å². The molecule has 0 aliphatic rings. The van der Waals surface area contributed by atoms with E-state index in [-0.39, 0.29) is 35.4 Å². The Hall–Kier alpha value is -3.83. The fourth-order valence-corrected chi connectivity index (χ4v) is 4.00. The maximum Gasteiger partial charge on any atom is 0.416 e. The number of rotatable bonds is 9. The minimum atomic E-state index is -4.50. The SMILES string of the molecule is CC(C)(O)CC(=O)NCC(Nc1ccc(Oc2cccc(C(F)(F)F)c2)c(Cl)c1)c1ncnc2cc[nH]c12. The topological polar surface area (TPSA) is 112 Å². The second kappa shape index (κ2) is 10.9. The summed E-state index contributed by atoms with van der Waals surface area (Å²) < 4.78 is 44.7. The van der Waals surface area contributed by atoms with Gasteiger partial charge in [-0.2, -0.15) is 13.2 Å². The molecule has 1 atom stereocenters. The van der Waals surface area contributed by atoms with Crippen molar-refractivity contribution < 1.29 is 27.8 Å². The molecule has 0 bridgehead atoms. The minimum absolute atomic E-state index is 0.00930. The third-order valence-corrected chi connectivity index (χ3v) is 5.76. The van der Waals surface area contributed by atoms with Crippen LogP contribution in [0.25, 0.3) is 11.0 Å². The van der Waals surface area contributed by atoms with Crippen molar-refractivity contribution in [2.24, 2.45) is 0 Å². The minimum Gasteiger partial charge on any atom is -0.456 e. The van der Waals surface area contributed by atoms with Gasteiger partial charge < -0.3 is 25.5 Å². The third kappa shape index (κ3) is 6.93. The third-order valence-electron chi connectivity index (χ3n) is 5.46. The first kappa shape index (κ1) is 27.2. The summed E-state index contributed by atoms with van der Waals surface area (Å²) in [6.45, 7) is 3.21. The van der Waals surface area contributed by atoms with E-state index in [9.17, 15) is 23.1 Å². The molecule has 200 valence electrons. The second-order valence-electron chi connectivity index (χ2n) is 9.26. The van der Waals surface area contributed by atoms with Crippen molar-refractivity contribution >= 4 is 34.2 Å². The molecule has 4 rings (SSSR count). The largest absolute Gasteiger partial charge is 0.456 e. The molecule has 0 saturated carbocycles. The summed E-state index contributed by atoms with van der Waals surface area (Å²) in [6, 6.07) is 10.5. The Kier molecular flexibility index (Phi) is 7.79. The highest BCUT2D eigenvalue weighted by Crippen LogP contribution is 2.36. The van der Waals surface area contributed by atoms with Crippen LogP contribution in [-0.2, 0) is 11.0 Å². The molecule has 4 N–H and O–H groups in total. The average Bonchev–Trinajstić information content (AvgIpc) is 3.31. The first-order chi connectivity index (χ1) is 17.9. The molecule has 2 aromatic heterocycles. The molecule has 4 aromatic rings. The Balaban J connectivity index is 1.55. The Morgan fingerprint density at radius 3 is 2.66 bits per heavy atom. The van der Waals surface area contributed by atoms with E-state index in [4.69, 9.17) is 16.3 Å². The quantitative estimate of drug-likeness (QED) is 0.209. The fraction of sp³-hybridized carbons (Fsp3) is 0.269. The number of carbonyl (C=O) groups is 1. The van der Waals surface area contributed by atoms with Gasteiger partial charge >= 0.3 is 6.18 Å². The molecule has 0 radical (unpaired) electrons. The summed E-state index contributed by atoms with van der Waals surface area (Å²) in [5, 5.41) is 16.2. The number of carbonyl (C=O) groups excluding carboxylic acids is 1. The lowest BCUT2D eigenvalue weighted by Crippen LogP contribution is -2.36. The molecular formula is C26H25ClF3N5O3. The van der Waals surface area contributed by atoms with E-state index < -0.39 is 23.4 Å². The first-order valence-corrected chi connectivity index (χ1v) is 11.9. The van der Waals surface area contributed by atoms with Gasteiger partial charge in [-0.1, -0.05) is 17.7 Å². The fourth-order valence-electron chi connectivity index (χ4n) is 3.78. The van der Waals surface area contributed by atoms with Crippen molar-refractivity contribution in [1.82, 2.24) is 20.3 Å². The van der Waals surface area contributed by atoms with Crippen molar-refractivity contribution in [2.45, 2.75) is 38.1 Å². The molecule has 0 fully saturated rings. The van der Waals surface area contributed by atoms with Crippen LogP contribution in [0.5, 0.6) is 11.5 Å². The van der Waals surface area contributed by atoms with Gasteiger partial charge in [-0.3, -0.25) is 4.79 Å². The van der Waals surface area contributed by atoms with E-state index in [1.165, 1.54) is 24.5 Å². The number of nitrogens with one attached hydrogen (secondary N) is 3. The standard InChI is InChI=1S/C26H25ClF3N5O3/c1-25(2,37)12-22(36)32-13-20(24-23-19(8-9-31-23)33-14-34-24)35-16-6-7-21(18(27)11-16)38-17-5-3-4-15(10-17)26(28,29)30/h3-11,14,20,31,35,37H,12-13H2,1-2H3,(H,32,36). The highest BCUT2D eigenvalue weighted by atomic mass is 35.5. The van der Waals surface area contributed by atoms with Crippen LogP contribution < -0.4 is 15.4 Å². The molecule has 0 aliphatic carbocycles. The van der Waals surface area contributed by atoms with Gasteiger partial charge in [0.05, 0.1) is 45.4 Å². The highest BCUT2D eigenvalue weighted by molar-refractivity contribution is 6.32. The zero-order chi connectivity index (χ0) is 27.5. The Morgan fingerprint density at radius 1 is 1.16 bits per heavy atom. The summed E-state index contributed by atoms with van der Waals surface area (Å²) in [4.78, 5) is 24.1. The van der Waals surface area contributed by atoms with Gasteiger partial charge in [0.1, 0.15) is 17.8 Å². The molecule has 1 unspecified atom stereocenters. The Morgan fingerprint density at radius 2 is 1.95 bits per heavy atom. The molecule has 2 aromatic carbocycles. The van der Waals surface area contributed by atoms with Crippen molar-refractivity contribution in [2.75, 3.05) is 11.9 Å². The lowest BCUT2D eigenvalue weighted by molar-refractivity contribution is -0.137.